The standard InChI is InChI=1S/C9H16N2O3/c1-7(12)6-9(14)11(3)5-4-8(13)10-2/h4-6H2,1-3H3,(H,10,13). The molecule has 0 aliphatic carbocycles. The van der Waals surface area contributed by atoms with E-state index in [1.54, 1.807) is 14.1 Å². The second-order valence-electron chi connectivity index (χ2n) is 3.12. The van der Waals surface area contributed by atoms with Crippen molar-refractivity contribution in [3.8, 4) is 0 Å². The molecule has 0 spiro atoms. The van der Waals surface area contributed by atoms with Gasteiger partial charge in [-0.3, -0.25) is 14.4 Å². The van der Waals surface area contributed by atoms with Gasteiger partial charge in [0.2, 0.25) is 11.8 Å². The first-order chi connectivity index (χ1) is 6.47. The van der Waals surface area contributed by atoms with E-state index in [1.807, 2.05) is 0 Å². The van der Waals surface area contributed by atoms with E-state index < -0.39 is 0 Å². The van der Waals surface area contributed by atoms with Crippen LogP contribution in [0, 0.1) is 0 Å². The van der Waals surface area contributed by atoms with Crippen LogP contribution in [0.25, 0.3) is 0 Å². The number of hydrogen-bond acceptors (Lipinski definition) is 3. The third kappa shape index (κ3) is 5.29. The molecule has 0 fully saturated rings. The van der Waals surface area contributed by atoms with Crippen LogP contribution in [0.3, 0.4) is 0 Å². The van der Waals surface area contributed by atoms with Gasteiger partial charge in [0.25, 0.3) is 0 Å². The molecule has 5 heteroatoms. The van der Waals surface area contributed by atoms with Gasteiger partial charge in [-0.15, -0.1) is 0 Å². The van der Waals surface area contributed by atoms with Crippen molar-refractivity contribution in [3.63, 3.8) is 0 Å². The summed E-state index contributed by atoms with van der Waals surface area (Å²) < 4.78 is 0. The highest BCUT2D eigenvalue weighted by molar-refractivity contribution is 5.96. The molecule has 0 aromatic carbocycles. The predicted octanol–water partition coefficient (Wildman–Crippen LogP) is -0.440. The Morgan fingerprint density at radius 2 is 1.86 bits per heavy atom. The molecule has 2 amide bonds. The van der Waals surface area contributed by atoms with Crippen LogP contribution >= 0.6 is 0 Å². The van der Waals surface area contributed by atoms with E-state index in [1.165, 1.54) is 11.8 Å². The predicted molar refractivity (Wildman–Crippen MR) is 51.6 cm³/mol. The summed E-state index contributed by atoms with van der Waals surface area (Å²) in [5, 5.41) is 2.46. The summed E-state index contributed by atoms with van der Waals surface area (Å²) in [7, 11) is 3.12. The second kappa shape index (κ2) is 6.12. The van der Waals surface area contributed by atoms with E-state index in [0.717, 1.165) is 0 Å². The molecular weight excluding hydrogens is 184 g/mol. The van der Waals surface area contributed by atoms with Crippen molar-refractivity contribution >= 4 is 17.6 Å². The molecule has 0 saturated heterocycles. The first kappa shape index (κ1) is 12.6. The van der Waals surface area contributed by atoms with E-state index >= 15 is 0 Å². The van der Waals surface area contributed by atoms with E-state index in [0.29, 0.717) is 6.54 Å². The molecule has 0 radical (unpaired) electrons. The van der Waals surface area contributed by atoms with Gasteiger partial charge in [0, 0.05) is 27.1 Å². The molecule has 0 aromatic heterocycles. The minimum Gasteiger partial charge on any atom is -0.359 e. The number of hydrogen-bond donors (Lipinski definition) is 1. The third-order valence-corrected chi connectivity index (χ3v) is 1.78. The molecule has 0 bridgehead atoms. The lowest BCUT2D eigenvalue weighted by atomic mass is 10.2. The number of rotatable bonds is 5. The first-order valence-corrected chi connectivity index (χ1v) is 4.41. The van der Waals surface area contributed by atoms with Crippen molar-refractivity contribution in [2.75, 3.05) is 20.6 Å². The number of ketones is 1. The normalized spacial score (nSPS) is 9.36. The third-order valence-electron chi connectivity index (χ3n) is 1.78. The summed E-state index contributed by atoms with van der Waals surface area (Å²) in [4.78, 5) is 34.1. The zero-order chi connectivity index (χ0) is 11.1. The Labute approximate surface area is 83.5 Å². The summed E-state index contributed by atoms with van der Waals surface area (Å²) in [6, 6.07) is 0. The Hall–Kier alpha value is -1.39. The van der Waals surface area contributed by atoms with Crippen molar-refractivity contribution in [1.29, 1.82) is 0 Å². The largest absolute Gasteiger partial charge is 0.359 e. The van der Waals surface area contributed by atoms with Crippen LogP contribution in [0.5, 0.6) is 0 Å². The number of nitrogens with zero attached hydrogens (tertiary/aromatic N) is 1. The fourth-order valence-corrected chi connectivity index (χ4v) is 0.867. The molecular formula is C9H16N2O3. The van der Waals surface area contributed by atoms with Crippen LogP contribution in [-0.4, -0.2) is 43.1 Å². The lowest BCUT2D eigenvalue weighted by molar-refractivity contribution is -0.134. The number of nitrogens with one attached hydrogen (secondary N) is 1. The van der Waals surface area contributed by atoms with Gasteiger partial charge in [-0.05, 0) is 6.92 Å². The van der Waals surface area contributed by atoms with Crippen LogP contribution < -0.4 is 5.32 Å². The maximum atomic E-state index is 11.2. The average molecular weight is 200 g/mol. The maximum Gasteiger partial charge on any atom is 0.229 e. The topological polar surface area (TPSA) is 66.5 Å². The SMILES string of the molecule is CNC(=O)CCN(C)C(=O)CC(C)=O. The van der Waals surface area contributed by atoms with Gasteiger partial charge in [0.05, 0.1) is 6.42 Å². The van der Waals surface area contributed by atoms with Crippen molar-refractivity contribution in [3.05, 3.63) is 0 Å². The van der Waals surface area contributed by atoms with Gasteiger partial charge in [0.15, 0.2) is 0 Å². The molecule has 0 unspecified atom stereocenters. The molecule has 0 atom stereocenters. The minimum atomic E-state index is -0.249. The van der Waals surface area contributed by atoms with Gasteiger partial charge in [0.1, 0.15) is 5.78 Å². The summed E-state index contributed by atoms with van der Waals surface area (Å²) in [6.45, 7) is 1.70. The molecule has 0 aliphatic rings. The van der Waals surface area contributed by atoms with E-state index in [2.05, 4.69) is 5.32 Å². The molecule has 5 nitrogen and oxygen atoms in total. The lowest BCUT2D eigenvalue weighted by Gasteiger charge is -2.15. The zero-order valence-electron chi connectivity index (χ0n) is 8.79. The van der Waals surface area contributed by atoms with Gasteiger partial charge >= 0.3 is 0 Å². The zero-order valence-corrected chi connectivity index (χ0v) is 8.79. The molecule has 80 valence electrons. The van der Waals surface area contributed by atoms with Gasteiger partial charge in [-0.25, -0.2) is 0 Å². The van der Waals surface area contributed by atoms with E-state index in [9.17, 15) is 14.4 Å². The van der Waals surface area contributed by atoms with Crippen molar-refractivity contribution in [2.45, 2.75) is 19.8 Å². The summed E-state index contributed by atoms with van der Waals surface area (Å²) >= 11 is 0. The molecule has 0 aliphatic heterocycles. The number of carbonyl (C=O) groups excluding carboxylic acids is 3. The number of Topliss-reactive ketones (excluding diaryl/α,β-unsaturated/α-hetero) is 1. The number of amides is 2. The first-order valence-electron chi connectivity index (χ1n) is 4.41. The van der Waals surface area contributed by atoms with Crippen molar-refractivity contribution in [2.24, 2.45) is 0 Å². The van der Waals surface area contributed by atoms with Crippen LogP contribution in [0.1, 0.15) is 19.8 Å². The fraction of sp³-hybridized carbons (Fsp3) is 0.667. The number of carbonyl (C=O) groups is 3. The van der Waals surface area contributed by atoms with Gasteiger partial charge in [-0.1, -0.05) is 0 Å². The Morgan fingerprint density at radius 1 is 1.29 bits per heavy atom. The molecule has 0 aromatic rings. The van der Waals surface area contributed by atoms with Crippen LogP contribution in [0.2, 0.25) is 0 Å². The summed E-state index contributed by atoms with van der Waals surface area (Å²) in [6.07, 6.45) is 0.168. The second-order valence-corrected chi connectivity index (χ2v) is 3.12. The summed E-state index contributed by atoms with van der Waals surface area (Å²) in [5.41, 5.74) is 0. The average Bonchev–Trinajstić information content (AvgIpc) is 2.12. The highest BCUT2D eigenvalue weighted by Gasteiger charge is 2.11. The molecule has 0 rings (SSSR count). The van der Waals surface area contributed by atoms with Crippen LogP contribution in [0.4, 0.5) is 0 Å². The molecule has 14 heavy (non-hydrogen) atoms. The lowest BCUT2D eigenvalue weighted by Crippen LogP contribution is -2.32. The highest BCUT2D eigenvalue weighted by Crippen LogP contribution is 1.94. The van der Waals surface area contributed by atoms with Crippen molar-refractivity contribution in [1.82, 2.24) is 10.2 Å². The summed E-state index contributed by atoms with van der Waals surface area (Å²) in [5.74, 6) is -0.532. The maximum absolute atomic E-state index is 11.2. The van der Waals surface area contributed by atoms with Crippen molar-refractivity contribution < 1.29 is 14.4 Å². The van der Waals surface area contributed by atoms with Crippen LogP contribution in [0.15, 0.2) is 0 Å². The molecule has 0 saturated carbocycles. The smallest absolute Gasteiger partial charge is 0.229 e. The Morgan fingerprint density at radius 3 is 2.29 bits per heavy atom. The minimum absolute atomic E-state index is 0.0930. The molecule has 1 N–H and O–H groups in total. The van der Waals surface area contributed by atoms with Crippen LogP contribution in [-0.2, 0) is 14.4 Å². The Bertz CT molecular complexity index is 238. The Balaban J connectivity index is 3.84. The molecule has 0 heterocycles. The quantitative estimate of drug-likeness (QED) is 0.612. The highest BCUT2D eigenvalue weighted by atomic mass is 16.2. The fourth-order valence-electron chi connectivity index (χ4n) is 0.867. The Kier molecular flexibility index (Phi) is 5.52. The van der Waals surface area contributed by atoms with Gasteiger partial charge in [-0.2, -0.15) is 0 Å². The monoisotopic (exact) mass is 200 g/mol. The van der Waals surface area contributed by atoms with E-state index in [4.69, 9.17) is 0 Å². The van der Waals surface area contributed by atoms with E-state index in [-0.39, 0.29) is 30.4 Å². The van der Waals surface area contributed by atoms with Gasteiger partial charge < -0.3 is 10.2 Å².